The van der Waals surface area contributed by atoms with Crippen LogP contribution >= 0.6 is 0 Å². The third-order valence-electron chi connectivity index (χ3n) is 6.08. The van der Waals surface area contributed by atoms with Gasteiger partial charge in [0.2, 0.25) is 0 Å². The number of carbonyl (C=O) groups excluding carboxylic acids is 1. The SMILES string of the molecule is CC(C)c1ccc(Cn2[nH]c3c2[C@@]2(CC[C@H]3OC(=O)c3ccccc3)CO2)cc1. The van der Waals surface area contributed by atoms with Crippen molar-refractivity contribution in [2.24, 2.45) is 0 Å². The molecule has 2 heterocycles. The summed E-state index contributed by atoms with van der Waals surface area (Å²) >= 11 is 0. The molecule has 1 spiro atoms. The van der Waals surface area contributed by atoms with Crippen LogP contribution in [0.3, 0.4) is 0 Å². The predicted octanol–water partition coefficient (Wildman–Crippen LogP) is 4.91. The summed E-state index contributed by atoms with van der Waals surface area (Å²) < 4.78 is 13.8. The largest absolute Gasteiger partial charge is 0.452 e. The van der Waals surface area contributed by atoms with Gasteiger partial charge in [-0.05, 0) is 42.0 Å². The van der Waals surface area contributed by atoms with Gasteiger partial charge in [-0.2, -0.15) is 0 Å². The van der Waals surface area contributed by atoms with E-state index in [1.165, 1.54) is 11.1 Å². The number of epoxide rings is 1. The summed E-state index contributed by atoms with van der Waals surface area (Å²) in [7, 11) is 0. The molecule has 1 aliphatic heterocycles. The third-order valence-corrected chi connectivity index (χ3v) is 6.08. The lowest BCUT2D eigenvalue weighted by atomic mass is 9.86. The summed E-state index contributed by atoms with van der Waals surface area (Å²) in [6.07, 6.45) is 1.41. The molecule has 0 saturated carbocycles. The molecule has 1 fully saturated rings. The average molecular weight is 390 g/mol. The number of aromatic amines is 1. The molecule has 0 unspecified atom stereocenters. The molecule has 0 amide bonds. The van der Waals surface area contributed by atoms with Gasteiger partial charge in [0.05, 0.1) is 30.1 Å². The number of hydrogen-bond donors (Lipinski definition) is 1. The van der Waals surface area contributed by atoms with Gasteiger partial charge < -0.3 is 9.47 Å². The Bertz CT molecular complexity index is 1010. The molecular formula is C24H26N2O3. The van der Waals surface area contributed by atoms with E-state index < -0.39 is 0 Å². The number of nitrogens with zero attached hydrogens (tertiary/aromatic N) is 1. The van der Waals surface area contributed by atoms with Gasteiger partial charge in [0, 0.05) is 0 Å². The summed E-state index contributed by atoms with van der Waals surface area (Å²) in [4.78, 5) is 12.5. The maximum absolute atomic E-state index is 12.5. The number of esters is 1. The van der Waals surface area contributed by atoms with Crippen LogP contribution < -0.4 is 0 Å². The average Bonchev–Trinajstić information content (AvgIpc) is 3.48. The van der Waals surface area contributed by atoms with Crippen LogP contribution in [0.1, 0.15) is 71.6 Å². The Morgan fingerprint density at radius 2 is 1.93 bits per heavy atom. The van der Waals surface area contributed by atoms with Crippen molar-refractivity contribution in [3.8, 4) is 0 Å². The molecule has 1 saturated heterocycles. The van der Waals surface area contributed by atoms with Gasteiger partial charge in [0.1, 0.15) is 11.7 Å². The number of nitrogens with one attached hydrogen (secondary N) is 1. The van der Waals surface area contributed by atoms with Crippen molar-refractivity contribution in [2.45, 2.75) is 50.9 Å². The number of H-pyrrole nitrogens is 1. The fourth-order valence-corrected chi connectivity index (χ4v) is 4.26. The van der Waals surface area contributed by atoms with Crippen molar-refractivity contribution < 1.29 is 14.3 Å². The van der Waals surface area contributed by atoms with Crippen molar-refractivity contribution in [1.29, 1.82) is 0 Å². The van der Waals surface area contributed by atoms with E-state index in [2.05, 4.69) is 47.9 Å². The number of benzene rings is 2. The van der Waals surface area contributed by atoms with Crippen LogP contribution in [0.5, 0.6) is 0 Å². The van der Waals surface area contributed by atoms with E-state index in [0.717, 1.165) is 37.4 Å². The summed E-state index contributed by atoms with van der Waals surface area (Å²) in [5.74, 6) is 0.252. The normalized spacial score (nSPS) is 22.7. The van der Waals surface area contributed by atoms with Crippen LogP contribution in [-0.4, -0.2) is 22.4 Å². The first-order valence-electron chi connectivity index (χ1n) is 10.3. The molecule has 2 aliphatic rings. The molecule has 2 aromatic carbocycles. The number of ether oxygens (including phenoxy) is 2. The Kier molecular flexibility index (Phi) is 4.36. The monoisotopic (exact) mass is 390 g/mol. The van der Waals surface area contributed by atoms with Crippen LogP contribution in [0.4, 0.5) is 0 Å². The number of aromatic nitrogens is 2. The predicted molar refractivity (Wildman–Crippen MR) is 110 cm³/mol. The molecule has 5 rings (SSSR count). The Hall–Kier alpha value is -2.79. The van der Waals surface area contributed by atoms with Gasteiger partial charge >= 0.3 is 5.97 Å². The van der Waals surface area contributed by atoms with Gasteiger partial charge in [-0.3, -0.25) is 9.78 Å². The van der Waals surface area contributed by atoms with Crippen molar-refractivity contribution in [3.05, 3.63) is 82.7 Å². The first-order valence-corrected chi connectivity index (χ1v) is 10.3. The fraction of sp³-hybridized carbons (Fsp3) is 0.375. The van der Waals surface area contributed by atoms with E-state index in [-0.39, 0.29) is 17.7 Å². The molecule has 5 heteroatoms. The summed E-state index contributed by atoms with van der Waals surface area (Å²) in [6.45, 7) is 5.92. The third kappa shape index (κ3) is 3.29. The molecule has 29 heavy (non-hydrogen) atoms. The molecule has 1 aromatic heterocycles. The lowest BCUT2D eigenvalue weighted by Gasteiger charge is -2.36. The van der Waals surface area contributed by atoms with Gasteiger partial charge in [-0.15, -0.1) is 0 Å². The lowest BCUT2D eigenvalue weighted by Crippen LogP contribution is -2.36. The topological polar surface area (TPSA) is 59.5 Å². The number of fused-ring (bicyclic) bond motifs is 2. The Morgan fingerprint density at radius 1 is 1.21 bits per heavy atom. The summed E-state index contributed by atoms with van der Waals surface area (Å²) in [5.41, 5.74) is 5.14. The minimum absolute atomic E-state index is 0.186. The number of carbonyl (C=O) groups is 1. The van der Waals surface area contributed by atoms with Gasteiger partial charge in [0.25, 0.3) is 0 Å². The smallest absolute Gasteiger partial charge is 0.338 e. The molecule has 1 aliphatic carbocycles. The molecule has 2 atom stereocenters. The molecule has 1 N–H and O–H groups in total. The lowest BCUT2D eigenvalue weighted by molar-refractivity contribution is 0.0163. The molecule has 0 bridgehead atoms. The second-order valence-electron chi connectivity index (χ2n) is 8.44. The van der Waals surface area contributed by atoms with E-state index in [1.54, 1.807) is 12.1 Å². The van der Waals surface area contributed by atoms with E-state index in [0.29, 0.717) is 11.5 Å². The van der Waals surface area contributed by atoms with Crippen LogP contribution in [0.25, 0.3) is 0 Å². The zero-order valence-electron chi connectivity index (χ0n) is 16.9. The van der Waals surface area contributed by atoms with E-state index in [9.17, 15) is 4.79 Å². The van der Waals surface area contributed by atoms with E-state index >= 15 is 0 Å². The highest BCUT2D eigenvalue weighted by molar-refractivity contribution is 5.89. The fourth-order valence-electron chi connectivity index (χ4n) is 4.26. The Balaban J connectivity index is 1.35. The van der Waals surface area contributed by atoms with Crippen molar-refractivity contribution in [1.82, 2.24) is 9.78 Å². The molecule has 3 aromatic rings. The quantitative estimate of drug-likeness (QED) is 0.498. The number of hydrogen-bond acceptors (Lipinski definition) is 3. The second kappa shape index (κ2) is 6.92. The minimum atomic E-state index is -0.278. The van der Waals surface area contributed by atoms with Gasteiger partial charge in [-0.25, -0.2) is 4.79 Å². The number of rotatable bonds is 5. The Morgan fingerprint density at radius 3 is 2.59 bits per heavy atom. The zero-order valence-corrected chi connectivity index (χ0v) is 16.9. The first-order chi connectivity index (χ1) is 14.1. The van der Waals surface area contributed by atoms with Gasteiger partial charge in [0.15, 0.2) is 0 Å². The highest BCUT2D eigenvalue weighted by atomic mass is 16.6. The van der Waals surface area contributed by atoms with E-state index in [4.69, 9.17) is 9.47 Å². The summed E-state index contributed by atoms with van der Waals surface area (Å²) in [5, 5.41) is 3.43. The first kappa shape index (κ1) is 18.3. The molecule has 0 radical (unpaired) electrons. The van der Waals surface area contributed by atoms with Crippen LogP contribution in [0.15, 0.2) is 54.6 Å². The van der Waals surface area contributed by atoms with Crippen molar-refractivity contribution in [3.63, 3.8) is 0 Å². The zero-order chi connectivity index (χ0) is 20.0. The van der Waals surface area contributed by atoms with Crippen molar-refractivity contribution >= 4 is 5.97 Å². The molecular weight excluding hydrogens is 364 g/mol. The van der Waals surface area contributed by atoms with Crippen LogP contribution in [-0.2, 0) is 21.6 Å². The molecule has 150 valence electrons. The highest BCUT2D eigenvalue weighted by Crippen LogP contribution is 2.52. The maximum atomic E-state index is 12.5. The minimum Gasteiger partial charge on any atom is -0.452 e. The Labute approximate surface area is 170 Å². The second-order valence-corrected chi connectivity index (χ2v) is 8.44. The summed E-state index contributed by atoms with van der Waals surface area (Å²) in [6, 6.07) is 17.9. The van der Waals surface area contributed by atoms with Crippen LogP contribution in [0, 0.1) is 0 Å². The molecule has 5 nitrogen and oxygen atoms in total. The highest BCUT2D eigenvalue weighted by Gasteiger charge is 2.55. The van der Waals surface area contributed by atoms with Gasteiger partial charge in [-0.1, -0.05) is 56.3 Å². The van der Waals surface area contributed by atoms with Crippen molar-refractivity contribution in [2.75, 3.05) is 6.61 Å². The standard InChI is InChI=1S/C24H26N2O3/c1-16(2)18-10-8-17(9-11-18)14-26-22-21(25-26)20(12-13-24(22)15-28-24)29-23(27)19-6-4-3-5-7-19/h3-11,16,20,25H,12-15H2,1-2H3/t20-,24-/m1/s1. The van der Waals surface area contributed by atoms with Crippen LogP contribution in [0.2, 0.25) is 0 Å². The maximum Gasteiger partial charge on any atom is 0.338 e. The van der Waals surface area contributed by atoms with E-state index in [1.807, 2.05) is 18.2 Å².